The fraction of sp³-hybridized carbons (Fsp3) is 0.385. The van der Waals surface area contributed by atoms with E-state index in [-0.39, 0.29) is 11.9 Å². The van der Waals surface area contributed by atoms with Gasteiger partial charge in [-0.15, -0.1) is 11.8 Å². The van der Waals surface area contributed by atoms with Gasteiger partial charge in [0.25, 0.3) is 5.91 Å². The molecule has 1 aromatic carbocycles. The fourth-order valence-electron chi connectivity index (χ4n) is 1.50. The van der Waals surface area contributed by atoms with Gasteiger partial charge in [0.05, 0.1) is 18.1 Å². The quantitative estimate of drug-likeness (QED) is 0.815. The molecule has 0 fully saturated rings. The topological polar surface area (TPSA) is 52.9 Å². The van der Waals surface area contributed by atoms with Gasteiger partial charge in [-0.25, -0.2) is 0 Å². The summed E-state index contributed by atoms with van der Waals surface area (Å²) in [6.45, 7) is 1.96. The van der Waals surface area contributed by atoms with Crippen LogP contribution in [0.5, 0.6) is 0 Å². The molecule has 0 saturated heterocycles. The Morgan fingerprint density at radius 3 is 2.82 bits per heavy atom. The minimum Gasteiger partial charge on any atom is -0.348 e. The van der Waals surface area contributed by atoms with Crippen molar-refractivity contribution in [1.82, 2.24) is 5.32 Å². The largest absolute Gasteiger partial charge is 0.348 e. The van der Waals surface area contributed by atoms with Crippen molar-refractivity contribution in [2.45, 2.75) is 30.7 Å². The molecule has 90 valence electrons. The second-order valence-corrected chi connectivity index (χ2v) is 4.49. The van der Waals surface area contributed by atoms with E-state index >= 15 is 0 Å². The minimum absolute atomic E-state index is 0.0672. The van der Waals surface area contributed by atoms with E-state index in [2.05, 4.69) is 11.4 Å². The van der Waals surface area contributed by atoms with Crippen LogP contribution >= 0.6 is 11.8 Å². The predicted octanol–water partition coefficient (Wildman–Crippen LogP) is 2.83. The van der Waals surface area contributed by atoms with Crippen molar-refractivity contribution in [3.8, 4) is 6.07 Å². The number of nitrogens with one attached hydrogen (secondary N) is 1. The Bertz CT molecular complexity index is 426. The van der Waals surface area contributed by atoms with E-state index < -0.39 is 0 Å². The lowest BCUT2D eigenvalue weighted by molar-refractivity contribution is 0.0933. The minimum atomic E-state index is -0.1000. The highest BCUT2D eigenvalue weighted by molar-refractivity contribution is 7.98. The summed E-state index contributed by atoms with van der Waals surface area (Å²) < 4.78 is 0. The molecule has 1 atom stereocenters. The van der Waals surface area contributed by atoms with Crippen molar-refractivity contribution < 1.29 is 4.79 Å². The third-order valence-electron chi connectivity index (χ3n) is 2.52. The van der Waals surface area contributed by atoms with Gasteiger partial charge in [-0.05, 0) is 24.8 Å². The van der Waals surface area contributed by atoms with Crippen LogP contribution < -0.4 is 5.32 Å². The molecule has 0 bridgehead atoms. The highest BCUT2D eigenvalue weighted by atomic mass is 32.2. The number of thioether (sulfide) groups is 1. The number of amides is 1. The van der Waals surface area contributed by atoms with E-state index in [1.165, 1.54) is 0 Å². The molecule has 0 aliphatic rings. The number of rotatable bonds is 5. The first-order chi connectivity index (χ1) is 8.22. The molecule has 1 N–H and O–H groups in total. The summed E-state index contributed by atoms with van der Waals surface area (Å²) in [6.07, 6.45) is 3.06. The predicted molar refractivity (Wildman–Crippen MR) is 70.0 cm³/mol. The second kappa shape index (κ2) is 6.97. The van der Waals surface area contributed by atoms with Crippen molar-refractivity contribution in [1.29, 1.82) is 5.26 Å². The molecule has 0 heterocycles. The molecule has 0 aliphatic heterocycles. The molecule has 1 aromatic rings. The third-order valence-corrected chi connectivity index (χ3v) is 3.31. The molecule has 4 heteroatoms. The van der Waals surface area contributed by atoms with Crippen LogP contribution in [-0.2, 0) is 0 Å². The smallest absolute Gasteiger partial charge is 0.252 e. The highest BCUT2D eigenvalue weighted by Gasteiger charge is 2.14. The lowest BCUT2D eigenvalue weighted by Gasteiger charge is -2.14. The summed E-state index contributed by atoms with van der Waals surface area (Å²) >= 11 is 1.55. The molecule has 0 radical (unpaired) electrons. The second-order valence-electron chi connectivity index (χ2n) is 3.64. The number of nitrogens with zero attached hydrogens (tertiary/aromatic N) is 1. The van der Waals surface area contributed by atoms with Gasteiger partial charge in [-0.2, -0.15) is 5.26 Å². The van der Waals surface area contributed by atoms with Crippen molar-refractivity contribution in [2.24, 2.45) is 0 Å². The van der Waals surface area contributed by atoms with Crippen LogP contribution in [0, 0.1) is 11.3 Å². The van der Waals surface area contributed by atoms with Gasteiger partial charge in [0.1, 0.15) is 0 Å². The lowest BCUT2D eigenvalue weighted by atomic mass is 10.1. The van der Waals surface area contributed by atoms with Crippen LogP contribution in [0.2, 0.25) is 0 Å². The molecule has 1 rings (SSSR count). The molecular formula is C13H16N2OS. The van der Waals surface area contributed by atoms with E-state index in [4.69, 9.17) is 5.26 Å². The molecule has 1 amide bonds. The van der Waals surface area contributed by atoms with Gasteiger partial charge in [0.15, 0.2) is 0 Å². The maximum Gasteiger partial charge on any atom is 0.252 e. The summed E-state index contributed by atoms with van der Waals surface area (Å²) in [5.41, 5.74) is 0.677. The average molecular weight is 248 g/mol. The molecule has 0 aliphatic carbocycles. The van der Waals surface area contributed by atoms with E-state index in [0.717, 1.165) is 11.3 Å². The van der Waals surface area contributed by atoms with Crippen LogP contribution in [0.3, 0.4) is 0 Å². The first-order valence-electron chi connectivity index (χ1n) is 5.53. The number of carbonyl (C=O) groups is 1. The summed E-state index contributed by atoms with van der Waals surface area (Å²) in [6, 6.07) is 9.50. The normalized spacial score (nSPS) is 11.6. The van der Waals surface area contributed by atoms with Crippen molar-refractivity contribution in [3.05, 3.63) is 29.8 Å². The van der Waals surface area contributed by atoms with Crippen LogP contribution in [-0.4, -0.2) is 18.2 Å². The van der Waals surface area contributed by atoms with Crippen molar-refractivity contribution in [3.63, 3.8) is 0 Å². The number of benzene rings is 1. The van der Waals surface area contributed by atoms with Gasteiger partial charge in [-0.3, -0.25) is 4.79 Å². The Balaban J connectivity index is 2.79. The maximum atomic E-state index is 12.0. The van der Waals surface area contributed by atoms with Crippen LogP contribution in [0.4, 0.5) is 0 Å². The zero-order valence-corrected chi connectivity index (χ0v) is 10.9. The Kier molecular flexibility index (Phi) is 5.58. The Morgan fingerprint density at radius 1 is 1.53 bits per heavy atom. The SMILES string of the molecule is CCC(CC#N)NC(=O)c1ccccc1SC. The average Bonchev–Trinajstić information content (AvgIpc) is 2.38. The van der Waals surface area contributed by atoms with E-state index in [0.29, 0.717) is 12.0 Å². The van der Waals surface area contributed by atoms with Gasteiger partial charge in [-0.1, -0.05) is 19.1 Å². The van der Waals surface area contributed by atoms with Gasteiger partial charge in [0.2, 0.25) is 0 Å². The number of nitriles is 1. The van der Waals surface area contributed by atoms with E-state index in [1.54, 1.807) is 17.8 Å². The van der Waals surface area contributed by atoms with Crippen LogP contribution in [0.25, 0.3) is 0 Å². The summed E-state index contributed by atoms with van der Waals surface area (Å²) in [5.74, 6) is -0.1000. The molecule has 3 nitrogen and oxygen atoms in total. The summed E-state index contributed by atoms with van der Waals surface area (Å²) in [7, 11) is 0. The molecule has 0 saturated carbocycles. The van der Waals surface area contributed by atoms with E-state index in [1.807, 2.05) is 31.4 Å². The Morgan fingerprint density at radius 2 is 2.24 bits per heavy atom. The van der Waals surface area contributed by atoms with Gasteiger partial charge in [0, 0.05) is 10.9 Å². The van der Waals surface area contributed by atoms with E-state index in [9.17, 15) is 4.79 Å². The van der Waals surface area contributed by atoms with Crippen molar-refractivity contribution >= 4 is 17.7 Å². The first kappa shape index (κ1) is 13.6. The molecular weight excluding hydrogens is 232 g/mol. The fourth-order valence-corrected chi connectivity index (χ4v) is 2.10. The number of hydrogen-bond acceptors (Lipinski definition) is 3. The monoisotopic (exact) mass is 248 g/mol. The van der Waals surface area contributed by atoms with Crippen LogP contribution in [0.1, 0.15) is 30.1 Å². The Hall–Kier alpha value is -1.47. The number of carbonyl (C=O) groups excluding carboxylic acids is 1. The molecule has 17 heavy (non-hydrogen) atoms. The third kappa shape index (κ3) is 3.79. The first-order valence-corrected chi connectivity index (χ1v) is 6.76. The van der Waals surface area contributed by atoms with Gasteiger partial charge < -0.3 is 5.32 Å². The maximum absolute atomic E-state index is 12.0. The molecule has 0 spiro atoms. The summed E-state index contributed by atoms with van der Waals surface area (Å²) in [4.78, 5) is 13.0. The summed E-state index contributed by atoms with van der Waals surface area (Å²) in [5, 5.41) is 11.5. The zero-order chi connectivity index (χ0) is 12.7. The standard InChI is InChI=1S/C13H16N2OS/c1-3-10(8-9-14)15-13(16)11-6-4-5-7-12(11)17-2/h4-7,10H,3,8H2,1-2H3,(H,15,16). The number of hydrogen-bond donors (Lipinski definition) is 1. The lowest BCUT2D eigenvalue weighted by Crippen LogP contribution is -2.34. The zero-order valence-electron chi connectivity index (χ0n) is 10.1. The molecule has 1 unspecified atom stereocenters. The van der Waals surface area contributed by atoms with Crippen molar-refractivity contribution in [2.75, 3.05) is 6.26 Å². The molecule has 0 aromatic heterocycles. The highest BCUT2D eigenvalue weighted by Crippen LogP contribution is 2.19. The van der Waals surface area contributed by atoms with Crippen LogP contribution in [0.15, 0.2) is 29.2 Å². The van der Waals surface area contributed by atoms with Gasteiger partial charge >= 0.3 is 0 Å². The Labute approximate surface area is 106 Å².